The molecule has 2 N–H and O–H groups in total. The first-order valence-electron chi connectivity index (χ1n) is 12.0. The summed E-state index contributed by atoms with van der Waals surface area (Å²) < 4.78 is 11.4. The van der Waals surface area contributed by atoms with Crippen molar-refractivity contribution >= 4 is 28.5 Å². The van der Waals surface area contributed by atoms with Gasteiger partial charge in [-0.25, -0.2) is 9.78 Å². The molecule has 0 aliphatic carbocycles. The summed E-state index contributed by atoms with van der Waals surface area (Å²) in [6.07, 6.45) is 0.664. The van der Waals surface area contributed by atoms with E-state index in [4.69, 9.17) is 20.2 Å². The number of nitrogens with zero attached hydrogens (tertiary/aromatic N) is 3. The number of thiazole rings is 1. The normalized spacial score (nSPS) is 16.6. The minimum absolute atomic E-state index is 0.0338. The number of anilines is 1. The molecule has 2 aliphatic rings. The highest BCUT2D eigenvalue weighted by Crippen LogP contribution is 2.44. The van der Waals surface area contributed by atoms with Crippen molar-refractivity contribution in [2.45, 2.75) is 32.8 Å². The molecule has 8 nitrogen and oxygen atoms in total. The maximum atomic E-state index is 12.5. The van der Waals surface area contributed by atoms with Crippen molar-refractivity contribution in [2.24, 2.45) is 11.1 Å². The smallest absolute Gasteiger partial charge is 0.410 e. The highest BCUT2D eigenvalue weighted by atomic mass is 32.1. The summed E-state index contributed by atoms with van der Waals surface area (Å²) in [5, 5.41) is 0.768. The van der Waals surface area contributed by atoms with Crippen LogP contribution >= 0.6 is 11.3 Å². The summed E-state index contributed by atoms with van der Waals surface area (Å²) in [6, 6.07) is 17.0. The Balaban J connectivity index is 1.27. The fourth-order valence-corrected chi connectivity index (χ4v) is 5.62. The molecule has 2 aromatic carbocycles. The zero-order valence-electron chi connectivity index (χ0n) is 20.7. The molecule has 1 aromatic heterocycles. The van der Waals surface area contributed by atoms with Gasteiger partial charge in [-0.15, -0.1) is 0 Å². The summed E-state index contributed by atoms with van der Waals surface area (Å²) in [7, 11) is 0. The highest BCUT2D eigenvalue weighted by Gasteiger charge is 2.50. The van der Waals surface area contributed by atoms with Crippen LogP contribution in [-0.4, -0.2) is 53.7 Å². The number of nitrogens with two attached hydrogens (primary N) is 1. The first-order chi connectivity index (χ1) is 17.1. The van der Waals surface area contributed by atoms with Gasteiger partial charge in [0, 0.05) is 37.2 Å². The van der Waals surface area contributed by atoms with Crippen molar-refractivity contribution in [3.8, 4) is 22.8 Å². The topological polar surface area (TPSA) is 98.0 Å². The maximum Gasteiger partial charge on any atom is 0.410 e. The molecule has 2 fully saturated rings. The molecule has 9 heteroatoms. The van der Waals surface area contributed by atoms with Gasteiger partial charge in [0.1, 0.15) is 22.0 Å². The first-order valence-corrected chi connectivity index (χ1v) is 12.8. The summed E-state index contributed by atoms with van der Waals surface area (Å²) in [5.41, 5.74) is 6.62. The van der Waals surface area contributed by atoms with Crippen molar-refractivity contribution < 1.29 is 19.1 Å². The van der Waals surface area contributed by atoms with Gasteiger partial charge in [0.2, 0.25) is 0 Å². The number of hydrogen-bond acceptors (Lipinski definition) is 7. The summed E-state index contributed by atoms with van der Waals surface area (Å²) in [5.74, 6) is 0.954. The van der Waals surface area contributed by atoms with Gasteiger partial charge in [0.05, 0.1) is 5.69 Å². The lowest BCUT2D eigenvalue weighted by atomic mass is 9.79. The molecular weight excluding hydrogens is 476 g/mol. The van der Waals surface area contributed by atoms with Crippen molar-refractivity contribution in [3.05, 3.63) is 59.5 Å². The molecule has 0 atom stereocenters. The van der Waals surface area contributed by atoms with E-state index in [0.29, 0.717) is 29.4 Å². The van der Waals surface area contributed by atoms with E-state index in [1.165, 1.54) is 11.3 Å². The van der Waals surface area contributed by atoms with Gasteiger partial charge in [-0.2, -0.15) is 0 Å². The van der Waals surface area contributed by atoms with Crippen molar-refractivity contribution in [3.63, 3.8) is 0 Å². The third-order valence-electron chi connectivity index (χ3n) is 6.36. The number of aromatic nitrogens is 1. The summed E-state index contributed by atoms with van der Waals surface area (Å²) in [6.45, 7) is 8.55. The Labute approximate surface area is 214 Å². The largest absolute Gasteiger partial charge is 0.457 e. The predicted octanol–water partition coefficient (Wildman–Crippen LogP) is 5.15. The van der Waals surface area contributed by atoms with Gasteiger partial charge in [0.25, 0.3) is 5.91 Å². The van der Waals surface area contributed by atoms with Gasteiger partial charge in [-0.3, -0.25) is 4.79 Å². The van der Waals surface area contributed by atoms with E-state index in [-0.39, 0.29) is 11.5 Å². The van der Waals surface area contributed by atoms with Crippen LogP contribution < -0.4 is 15.4 Å². The van der Waals surface area contributed by atoms with E-state index in [1.54, 1.807) is 4.90 Å². The van der Waals surface area contributed by atoms with Gasteiger partial charge in [-0.1, -0.05) is 29.5 Å². The molecule has 2 saturated heterocycles. The van der Waals surface area contributed by atoms with Crippen LogP contribution in [0, 0.1) is 5.41 Å². The molecular formula is C27H30N4O4S. The maximum absolute atomic E-state index is 12.5. The van der Waals surface area contributed by atoms with E-state index < -0.39 is 11.5 Å². The molecule has 2 aliphatic heterocycles. The number of ether oxygens (including phenoxy) is 2. The Hall–Kier alpha value is -3.59. The second kappa shape index (κ2) is 9.13. The second-order valence-corrected chi connectivity index (χ2v) is 11.5. The molecule has 0 bridgehead atoms. The molecule has 0 radical (unpaired) electrons. The van der Waals surface area contributed by atoms with E-state index in [2.05, 4.69) is 4.90 Å². The van der Waals surface area contributed by atoms with Crippen LogP contribution in [0.5, 0.6) is 11.5 Å². The minimum atomic E-state index is -0.507. The number of rotatable bonds is 5. The molecule has 3 heterocycles. The van der Waals surface area contributed by atoms with Crippen LogP contribution in [0.15, 0.2) is 54.6 Å². The van der Waals surface area contributed by atoms with Crippen LogP contribution in [0.4, 0.5) is 9.93 Å². The Kier molecular flexibility index (Phi) is 6.12. The van der Waals surface area contributed by atoms with Crippen molar-refractivity contribution in [2.75, 3.05) is 31.1 Å². The highest BCUT2D eigenvalue weighted by molar-refractivity contribution is 7.18. The van der Waals surface area contributed by atoms with Crippen LogP contribution in [0.1, 0.15) is 36.9 Å². The third-order valence-corrected chi connectivity index (χ3v) is 7.49. The van der Waals surface area contributed by atoms with E-state index in [0.717, 1.165) is 36.0 Å². The van der Waals surface area contributed by atoms with Crippen LogP contribution in [0.3, 0.4) is 0 Å². The molecule has 1 spiro atoms. The number of likely N-dealkylation sites (tertiary alicyclic amines) is 1. The lowest BCUT2D eigenvalue weighted by molar-refractivity contribution is 0.0265. The van der Waals surface area contributed by atoms with Gasteiger partial charge >= 0.3 is 6.09 Å². The van der Waals surface area contributed by atoms with Crippen molar-refractivity contribution in [1.29, 1.82) is 0 Å². The Morgan fingerprint density at radius 1 is 1.00 bits per heavy atom. The number of hydrogen-bond donors (Lipinski definition) is 1. The lowest BCUT2D eigenvalue weighted by Gasteiger charge is -2.47. The molecule has 3 aromatic rings. The monoisotopic (exact) mass is 506 g/mol. The van der Waals surface area contributed by atoms with E-state index >= 15 is 0 Å². The second-order valence-electron chi connectivity index (χ2n) is 10.5. The molecule has 0 saturated carbocycles. The van der Waals surface area contributed by atoms with Gasteiger partial charge in [-0.05, 0) is 63.6 Å². The zero-order chi connectivity index (χ0) is 25.5. The number of para-hydroxylation sites is 1. The predicted molar refractivity (Wildman–Crippen MR) is 140 cm³/mol. The van der Waals surface area contributed by atoms with E-state index in [1.807, 2.05) is 75.4 Å². The zero-order valence-corrected chi connectivity index (χ0v) is 21.5. The number of carbonyl (C=O) groups excluding carboxylic acids is 2. The Morgan fingerprint density at radius 3 is 2.31 bits per heavy atom. The number of amides is 2. The Morgan fingerprint density at radius 2 is 1.67 bits per heavy atom. The first kappa shape index (κ1) is 24.1. The molecule has 36 heavy (non-hydrogen) atoms. The SMILES string of the molecule is CC(C)(C)OC(=O)N1CCC2(C1)CN(c1nc(-c3ccc(Oc4ccccc4)cc3)c(C(N)=O)s1)C2. The van der Waals surface area contributed by atoms with Gasteiger partial charge in [0.15, 0.2) is 5.13 Å². The van der Waals surface area contributed by atoms with Gasteiger partial charge < -0.3 is 25.0 Å². The number of primary amides is 1. The summed E-state index contributed by atoms with van der Waals surface area (Å²) >= 11 is 1.31. The lowest BCUT2D eigenvalue weighted by Crippen LogP contribution is -2.58. The Bertz CT molecular complexity index is 1260. The van der Waals surface area contributed by atoms with Crippen LogP contribution in [0.2, 0.25) is 0 Å². The fourth-order valence-electron chi connectivity index (χ4n) is 4.69. The number of benzene rings is 2. The molecule has 5 rings (SSSR count). The minimum Gasteiger partial charge on any atom is -0.457 e. The standard InChI is InChI=1S/C27H30N4O4S/c1-26(2,3)35-25(33)30-14-13-27(15-30)16-31(17-27)24-29-21(22(36-24)23(28)32)18-9-11-20(12-10-18)34-19-7-5-4-6-8-19/h4-12H,13-17H2,1-3H3,(H2,28,32). The fraction of sp³-hybridized carbons (Fsp3) is 0.370. The van der Waals surface area contributed by atoms with Crippen molar-refractivity contribution in [1.82, 2.24) is 9.88 Å². The molecule has 2 amide bonds. The summed E-state index contributed by atoms with van der Waals surface area (Å²) in [4.78, 5) is 33.9. The average molecular weight is 507 g/mol. The third kappa shape index (κ3) is 5.02. The van der Waals surface area contributed by atoms with E-state index in [9.17, 15) is 9.59 Å². The number of carbonyl (C=O) groups is 2. The quantitative estimate of drug-likeness (QED) is 0.514. The molecule has 0 unspecified atom stereocenters. The molecule has 188 valence electrons. The van der Waals surface area contributed by atoms with Crippen LogP contribution in [0.25, 0.3) is 11.3 Å². The average Bonchev–Trinajstić information content (AvgIpc) is 3.44. The van der Waals surface area contributed by atoms with Crippen LogP contribution in [-0.2, 0) is 4.74 Å².